The van der Waals surface area contributed by atoms with Gasteiger partial charge in [-0.1, -0.05) is 24.3 Å². The number of carboxylic acid groups (broad SMARTS) is 1. The average Bonchev–Trinajstić information content (AvgIpc) is 3.13. The number of carboxylic acids is 1. The van der Waals surface area contributed by atoms with Gasteiger partial charge < -0.3 is 10.4 Å². The van der Waals surface area contributed by atoms with E-state index in [2.05, 4.69) is 22.5 Å². The Kier molecular flexibility index (Phi) is 3.58. The van der Waals surface area contributed by atoms with Gasteiger partial charge in [-0.3, -0.25) is 4.68 Å². The molecule has 5 nitrogen and oxygen atoms in total. The largest absolute Gasteiger partial charge is 0.478 e. The van der Waals surface area contributed by atoms with Gasteiger partial charge in [-0.25, -0.2) is 4.79 Å². The molecular weight excluding hydrogens is 302 g/mol. The Hall–Kier alpha value is -2.66. The second kappa shape index (κ2) is 5.76. The fourth-order valence-corrected chi connectivity index (χ4v) is 3.56. The number of fused-ring (bicyclic) bond motifs is 2. The summed E-state index contributed by atoms with van der Waals surface area (Å²) < 4.78 is 1.91. The number of aromatic nitrogens is 2. The van der Waals surface area contributed by atoms with Crippen molar-refractivity contribution in [3.05, 3.63) is 64.8 Å². The van der Waals surface area contributed by atoms with Crippen LogP contribution in [0.3, 0.4) is 0 Å². The van der Waals surface area contributed by atoms with Gasteiger partial charge in [-0.15, -0.1) is 0 Å². The number of carbonyl (C=O) groups is 1. The van der Waals surface area contributed by atoms with Crippen LogP contribution in [0.15, 0.2) is 42.5 Å². The molecule has 2 aromatic carbocycles. The first kappa shape index (κ1) is 14.9. The number of aromatic carboxylic acids is 1. The van der Waals surface area contributed by atoms with Crippen LogP contribution in [0.4, 0.5) is 0 Å². The maximum absolute atomic E-state index is 11.1. The summed E-state index contributed by atoms with van der Waals surface area (Å²) in [6.07, 6.45) is 1.79. The SMILES string of the molecule is Cn1nc(CNC2Cc3ccc(C(=O)O)cc3C2)c2ccccc21. The van der Waals surface area contributed by atoms with Crippen LogP contribution in [0.1, 0.15) is 27.2 Å². The zero-order chi connectivity index (χ0) is 16.7. The highest BCUT2D eigenvalue weighted by Gasteiger charge is 2.22. The van der Waals surface area contributed by atoms with E-state index in [1.54, 1.807) is 12.1 Å². The van der Waals surface area contributed by atoms with Gasteiger partial charge in [0.2, 0.25) is 0 Å². The molecule has 4 rings (SSSR count). The lowest BCUT2D eigenvalue weighted by Gasteiger charge is -2.10. The summed E-state index contributed by atoms with van der Waals surface area (Å²) in [5.74, 6) is -0.867. The zero-order valence-electron chi connectivity index (χ0n) is 13.5. The van der Waals surface area contributed by atoms with Crippen molar-refractivity contribution in [2.24, 2.45) is 7.05 Å². The second-order valence-electron chi connectivity index (χ2n) is 6.36. The molecule has 1 aromatic heterocycles. The summed E-state index contributed by atoms with van der Waals surface area (Å²) in [5.41, 5.74) is 4.93. The predicted octanol–water partition coefficient (Wildman–Crippen LogP) is 2.53. The molecule has 24 heavy (non-hydrogen) atoms. The van der Waals surface area contributed by atoms with Crippen LogP contribution in [-0.2, 0) is 26.4 Å². The second-order valence-corrected chi connectivity index (χ2v) is 6.36. The van der Waals surface area contributed by atoms with E-state index in [-0.39, 0.29) is 0 Å². The molecule has 0 amide bonds. The summed E-state index contributed by atoms with van der Waals surface area (Å²) in [4.78, 5) is 11.1. The summed E-state index contributed by atoms with van der Waals surface area (Å²) >= 11 is 0. The molecule has 3 aromatic rings. The molecule has 5 heteroatoms. The van der Waals surface area contributed by atoms with Gasteiger partial charge in [0.05, 0.1) is 16.8 Å². The fourth-order valence-electron chi connectivity index (χ4n) is 3.56. The van der Waals surface area contributed by atoms with E-state index in [0.29, 0.717) is 18.2 Å². The molecule has 1 unspecified atom stereocenters. The molecule has 122 valence electrons. The van der Waals surface area contributed by atoms with E-state index in [9.17, 15) is 4.79 Å². The third-order valence-corrected chi connectivity index (χ3v) is 4.78. The van der Waals surface area contributed by atoms with Crippen molar-refractivity contribution >= 4 is 16.9 Å². The van der Waals surface area contributed by atoms with E-state index in [0.717, 1.165) is 29.6 Å². The molecular formula is C19H19N3O2. The van der Waals surface area contributed by atoms with Crippen LogP contribution in [0.2, 0.25) is 0 Å². The summed E-state index contributed by atoms with van der Waals surface area (Å²) in [6.45, 7) is 0.714. The van der Waals surface area contributed by atoms with Gasteiger partial charge >= 0.3 is 5.97 Å². The van der Waals surface area contributed by atoms with Crippen LogP contribution < -0.4 is 5.32 Å². The Bertz CT molecular complexity index is 930. The van der Waals surface area contributed by atoms with E-state index in [1.807, 2.05) is 29.9 Å². The number of hydrogen-bond donors (Lipinski definition) is 2. The van der Waals surface area contributed by atoms with Crippen LogP contribution >= 0.6 is 0 Å². The summed E-state index contributed by atoms with van der Waals surface area (Å²) in [5, 5.41) is 18.5. The van der Waals surface area contributed by atoms with Crippen LogP contribution in [0.5, 0.6) is 0 Å². The van der Waals surface area contributed by atoms with E-state index < -0.39 is 5.97 Å². The molecule has 0 spiro atoms. The van der Waals surface area contributed by atoms with Gasteiger partial charge in [-0.05, 0) is 42.2 Å². The quantitative estimate of drug-likeness (QED) is 0.775. The molecule has 0 bridgehead atoms. The Morgan fingerprint density at radius 3 is 2.88 bits per heavy atom. The van der Waals surface area contributed by atoms with Crippen molar-refractivity contribution in [1.29, 1.82) is 0 Å². The van der Waals surface area contributed by atoms with E-state index in [1.165, 1.54) is 10.9 Å². The number of aryl methyl sites for hydroxylation is 1. The van der Waals surface area contributed by atoms with Crippen molar-refractivity contribution in [3.8, 4) is 0 Å². The van der Waals surface area contributed by atoms with Crippen molar-refractivity contribution in [2.75, 3.05) is 0 Å². The highest BCUT2D eigenvalue weighted by Crippen LogP contribution is 2.24. The number of hydrogen-bond acceptors (Lipinski definition) is 3. The minimum Gasteiger partial charge on any atom is -0.478 e. The number of para-hydroxylation sites is 1. The lowest BCUT2D eigenvalue weighted by atomic mass is 10.1. The minimum absolute atomic E-state index is 0.324. The molecule has 0 radical (unpaired) electrons. The first-order valence-electron chi connectivity index (χ1n) is 8.11. The summed E-state index contributed by atoms with van der Waals surface area (Å²) in [7, 11) is 1.96. The molecule has 1 heterocycles. The smallest absolute Gasteiger partial charge is 0.335 e. The van der Waals surface area contributed by atoms with Crippen LogP contribution in [0, 0.1) is 0 Å². The van der Waals surface area contributed by atoms with Gasteiger partial charge in [0.15, 0.2) is 0 Å². The highest BCUT2D eigenvalue weighted by atomic mass is 16.4. The van der Waals surface area contributed by atoms with Gasteiger partial charge in [-0.2, -0.15) is 5.10 Å². The van der Waals surface area contributed by atoms with E-state index in [4.69, 9.17) is 5.11 Å². The standard InChI is InChI=1S/C19H19N3O2/c1-22-18-5-3-2-4-16(18)17(21-22)11-20-15-9-12-6-7-13(19(23)24)8-14(12)10-15/h2-8,15,20H,9-11H2,1H3,(H,23,24). The normalized spacial score (nSPS) is 16.5. The van der Waals surface area contributed by atoms with Crippen molar-refractivity contribution in [1.82, 2.24) is 15.1 Å². The zero-order valence-corrected chi connectivity index (χ0v) is 13.5. The predicted molar refractivity (Wildman–Crippen MR) is 92.2 cm³/mol. The lowest BCUT2D eigenvalue weighted by molar-refractivity contribution is 0.0697. The van der Waals surface area contributed by atoms with Crippen molar-refractivity contribution in [2.45, 2.75) is 25.4 Å². The first-order valence-corrected chi connectivity index (χ1v) is 8.11. The first-order chi connectivity index (χ1) is 11.6. The van der Waals surface area contributed by atoms with Crippen molar-refractivity contribution < 1.29 is 9.90 Å². The molecule has 0 saturated carbocycles. The topological polar surface area (TPSA) is 67.2 Å². The highest BCUT2D eigenvalue weighted by molar-refractivity contribution is 5.88. The van der Waals surface area contributed by atoms with Gasteiger partial charge in [0, 0.05) is 25.0 Å². The molecule has 0 saturated heterocycles. The number of benzene rings is 2. The summed E-state index contributed by atoms with van der Waals surface area (Å²) in [6, 6.07) is 14.0. The molecule has 1 aliphatic rings. The third kappa shape index (κ3) is 2.57. The third-order valence-electron chi connectivity index (χ3n) is 4.78. The number of rotatable bonds is 4. The Morgan fingerprint density at radius 2 is 2.04 bits per heavy atom. The van der Waals surface area contributed by atoms with Crippen LogP contribution in [0.25, 0.3) is 10.9 Å². The lowest BCUT2D eigenvalue weighted by Crippen LogP contribution is -2.29. The maximum Gasteiger partial charge on any atom is 0.335 e. The Balaban J connectivity index is 1.48. The fraction of sp³-hybridized carbons (Fsp3) is 0.263. The van der Waals surface area contributed by atoms with E-state index >= 15 is 0 Å². The maximum atomic E-state index is 11.1. The van der Waals surface area contributed by atoms with Gasteiger partial charge in [0.1, 0.15) is 0 Å². The Labute approximate surface area is 139 Å². The van der Waals surface area contributed by atoms with Crippen molar-refractivity contribution in [3.63, 3.8) is 0 Å². The molecule has 0 fully saturated rings. The molecule has 2 N–H and O–H groups in total. The molecule has 1 atom stereocenters. The minimum atomic E-state index is -0.867. The molecule has 1 aliphatic carbocycles. The average molecular weight is 321 g/mol. The van der Waals surface area contributed by atoms with Gasteiger partial charge in [0.25, 0.3) is 0 Å². The number of nitrogens with one attached hydrogen (secondary N) is 1. The number of nitrogens with zero attached hydrogens (tertiary/aromatic N) is 2. The monoisotopic (exact) mass is 321 g/mol. The molecule has 0 aliphatic heterocycles. The van der Waals surface area contributed by atoms with Crippen LogP contribution in [-0.4, -0.2) is 26.9 Å². The Morgan fingerprint density at radius 1 is 1.25 bits per heavy atom.